The van der Waals surface area contributed by atoms with Crippen LogP contribution >= 0.6 is 11.3 Å². The first kappa shape index (κ1) is 22.1. The standard InChI is InChI=1S/C35H22N2OS/c1-3-9-24(10-4-1)35-36-31-19-16-23-15-17-26(21-29(23)34(31)38-35)37(25-11-5-2-6-12-25)27-18-20-33-30(22-27)28-13-7-8-14-32(28)39-33/h1-22H. The third-order valence-corrected chi connectivity index (χ3v) is 8.42. The molecule has 0 radical (unpaired) electrons. The molecule has 0 N–H and O–H groups in total. The van der Waals surface area contributed by atoms with Gasteiger partial charge in [-0.15, -0.1) is 11.3 Å². The number of oxazole rings is 1. The summed E-state index contributed by atoms with van der Waals surface area (Å²) in [6.45, 7) is 0. The second kappa shape index (κ2) is 8.83. The fraction of sp³-hybridized carbons (Fsp3) is 0. The molecule has 2 heterocycles. The molecule has 3 nitrogen and oxygen atoms in total. The van der Waals surface area contributed by atoms with Crippen LogP contribution in [0.2, 0.25) is 0 Å². The molecule has 8 rings (SSSR count). The molecule has 0 fully saturated rings. The molecule has 0 aliphatic heterocycles. The summed E-state index contributed by atoms with van der Waals surface area (Å²) in [5.41, 5.74) is 5.92. The molecule has 0 bridgehead atoms. The van der Waals surface area contributed by atoms with Gasteiger partial charge in [-0.1, -0.05) is 66.7 Å². The number of anilines is 3. The second-order valence-electron chi connectivity index (χ2n) is 9.65. The van der Waals surface area contributed by atoms with Crippen molar-refractivity contribution in [3.63, 3.8) is 0 Å². The van der Waals surface area contributed by atoms with Gasteiger partial charge in [0.1, 0.15) is 5.52 Å². The third kappa shape index (κ3) is 3.69. The second-order valence-corrected chi connectivity index (χ2v) is 10.7. The minimum atomic E-state index is 0.637. The maximum atomic E-state index is 6.38. The predicted octanol–water partition coefficient (Wildman–Crippen LogP) is 10.5. The molecule has 0 atom stereocenters. The molecular formula is C35H22N2OS. The van der Waals surface area contributed by atoms with E-state index >= 15 is 0 Å². The summed E-state index contributed by atoms with van der Waals surface area (Å²) in [4.78, 5) is 7.12. The van der Waals surface area contributed by atoms with E-state index in [2.05, 4.69) is 102 Å². The summed E-state index contributed by atoms with van der Waals surface area (Å²) < 4.78 is 8.98. The van der Waals surface area contributed by atoms with Gasteiger partial charge in [0, 0.05) is 48.2 Å². The zero-order chi connectivity index (χ0) is 25.8. The molecule has 0 amide bonds. The number of hydrogen-bond acceptors (Lipinski definition) is 4. The molecule has 8 aromatic rings. The Morgan fingerprint density at radius 1 is 0.538 bits per heavy atom. The van der Waals surface area contributed by atoms with Crippen molar-refractivity contribution in [2.24, 2.45) is 0 Å². The summed E-state index contributed by atoms with van der Waals surface area (Å²) in [7, 11) is 0. The molecule has 0 spiro atoms. The van der Waals surface area contributed by atoms with Crippen molar-refractivity contribution in [1.82, 2.24) is 4.98 Å². The molecule has 6 aromatic carbocycles. The SMILES string of the molecule is c1ccc(-c2nc3ccc4ccc(N(c5ccccc5)c5ccc6sc7ccccc7c6c5)cc4c3o2)cc1. The first-order chi connectivity index (χ1) is 19.3. The average Bonchev–Trinajstić information content (AvgIpc) is 3.60. The van der Waals surface area contributed by atoms with Gasteiger partial charge in [-0.05, 0) is 72.1 Å². The van der Waals surface area contributed by atoms with Gasteiger partial charge in [0.05, 0.1) is 0 Å². The van der Waals surface area contributed by atoms with Crippen LogP contribution in [0.3, 0.4) is 0 Å². The van der Waals surface area contributed by atoms with Crippen molar-refractivity contribution >= 4 is 70.4 Å². The Morgan fingerprint density at radius 2 is 1.21 bits per heavy atom. The van der Waals surface area contributed by atoms with Crippen LogP contribution in [0.5, 0.6) is 0 Å². The van der Waals surface area contributed by atoms with Gasteiger partial charge in [0.2, 0.25) is 5.89 Å². The third-order valence-electron chi connectivity index (χ3n) is 7.27. The quantitative estimate of drug-likeness (QED) is 0.232. The first-order valence-electron chi connectivity index (χ1n) is 13.0. The lowest BCUT2D eigenvalue weighted by Gasteiger charge is -2.26. The van der Waals surface area contributed by atoms with Gasteiger partial charge in [-0.3, -0.25) is 0 Å². The van der Waals surface area contributed by atoms with E-state index in [1.54, 1.807) is 0 Å². The van der Waals surface area contributed by atoms with Gasteiger partial charge in [0.15, 0.2) is 5.58 Å². The number of rotatable bonds is 4. The molecule has 2 aromatic heterocycles. The van der Waals surface area contributed by atoms with Crippen LogP contribution < -0.4 is 4.90 Å². The Morgan fingerprint density at radius 3 is 2.05 bits per heavy atom. The van der Waals surface area contributed by atoms with Gasteiger partial charge in [-0.2, -0.15) is 0 Å². The number of hydrogen-bond donors (Lipinski definition) is 0. The molecular weight excluding hydrogens is 496 g/mol. The normalized spacial score (nSPS) is 11.6. The van der Waals surface area contributed by atoms with E-state index in [9.17, 15) is 0 Å². The highest BCUT2D eigenvalue weighted by Gasteiger charge is 2.17. The summed E-state index contributed by atoms with van der Waals surface area (Å²) in [6.07, 6.45) is 0. The molecule has 0 unspecified atom stereocenters. The van der Waals surface area contributed by atoms with Crippen molar-refractivity contribution in [3.05, 3.63) is 133 Å². The van der Waals surface area contributed by atoms with E-state index in [1.165, 1.54) is 20.2 Å². The van der Waals surface area contributed by atoms with E-state index in [4.69, 9.17) is 9.40 Å². The van der Waals surface area contributed by atoms with Crippen molar-refractivity contribution in [3.8, 4) is 11.5 Å². The molecule has 0 saturated heterocycles. The van der Waals surface area contributed by atoms with Crippen LogP contribution in [0.15, 0.2) is 138 Å². The summed E-state index contributed by atoms with van der Waals surface area (Å²) in [5.74, 6) is 0.637. The van der Waals surface area contributed by atoms with Crippen LogP contribution in [-0.2, 0) is 0 Å². The molecule has 4 heteroatoms. The Kier molecular flexibility index (Phi) is 5.00. The molecule has 0 aliphatic rings. The van der Waals surface area contributed by atoms with E-state index in [0.717, 1.165) is 44.5 Å². The predicted molar refractivity (Wildman–Crippen MR) is 165 cm³/mol. The number of benzene rings is 6. The minimum Gasteiger partial charge on any atom is -0.435 e. The molecule has 0 aliphatic carbocycles. The van der Waals surface area contributed by atoms with Crippen molar-refractivity contribution in [1.29, 1.82) is 0 Å². The molecule has 39 heavy (non-hydrogen) atoms. The zero-order valence-corrected chi connectivity index (χ0v) is 21.7. The van der Waals surface area contributed by atoms with Crippen molar-refractivity contribution < 1.29 is 4.42 Å². The summed E-state index contributed by atoms with van der Waals surface area (Å²) in [6, 6.07) is 46.8. The van der Waals surface area contributed by atoms with Gasteiger partial charge in [-0.25, -0.2) is 4.98 Å². The lowest BCUT2D eigenvalue weighted by molar-refractivity contribution is 0.623. The highest BCUT2D eigenvalue weighted by molar-refractivity contribution is 7.25. The summed E-state index contributed by atoms with van der Waals surface area (Å²) >= 11 is 1.84. The Labute approximate surface area is 229 Å². The van der Waals surface area contributed by atoms with E-state index in [-0.39, 0.29) is 0 Å². The highest BCUT2D eigenvalue weighted by Crippen LogP contribution is 2.42. The topological polar surface area (TPSA) is 29.3 Å². The van der Waals surface area contributed by atoms with Crippen molar-refractivity contribution in [2.75, 3.05) is 4.90 Å². The zero-order valence-electron chi connectivity index (χ0n) is 20.9. The fourth-order valence-electron chi connectivity index (χ4n) is 5.41. The van der Waals surface area contributed by atoms with E-state index in [1.807, 2.05) is 47.7 Å². The van der Waals surface area contributed by atoms with E-state index < -0.39 is 0 Å². The number of nitrogens with zero attached hydrogens (tertiary/aromatic N) is 2. The Balaban J connectivity index is 1.34. The van der Waals surface area contributed by atoms with Gasteiger partial charge in [0.25, 0.3) is 0 Å². The Bertz CT molecular complexity index is 2130. The van der Waals surface area contributed by atoms with Crippen LogP contribution in [0.1, 0.15) is 0 Å². The van der Waals surface area contributed by atoms with E-state index in [0.29, 0.717) is 5.89 Å². The monoisotopic (exact) mass is 518 g/mol. The van der Waals surface area contributed by atoms with Crippen LogP contribution in [0, 0.1) is 0 Å². The number of fused-ring (bicyclic) bond motifs is 6. The number of para-hydroxylation sites is 1. The lowest BCUT2D eigenvalue weighted by Crippen LogP contribution is -2.09. The number of thiophene rings is 1. The van der Waals surface area contributed by atoms with Crippen molar-refractivity contribution in [2.45, 2.75) is 0 Å². The van der Waals surface area contributed by atoms with Crippen LogP contribution in [-0.4, -0.2) is 4.98 Å². The largest absolute Gasteiger partial charge is 0.435 e. The van der Waals surface area contributed by atoms with Crippen LogP contribution in [0.4, 0.5) is 17.1 Å². The molecule has 0 saturated carbocycles. The Hall–Kier alpha value is -4.93. The fourth-order valence-corrected chi connectivity index (χ4v) is 6.50. The van der Waals surface area contributed by atoms with Crippen LogP contribution in [0.25, 0.3) is 53.5 Å². The first-order valence-corrected chi connectivity index (χ1v) is 13.8. The maximum Gasteiger partial charge on any atom is 0.227 e. The summed E-state index contributed by atoms with van der Waals surface area (Å²) in [5, 5.41) is 4.74. The maximum absolute atomic E-state index is 6.38. The molecule has 184 valence electrons. The number of aromatic nitrogens is 1. The average molecular weight is 519 g/mol. The smallest absolute Gasteiger partial charge is 0.227 e. The van der Waals surface area contributed by atoms with Gasteiger partial charge < -0.3 is 9.32 Å². The highest BCUT2D eigenvalue weighted by atomic mass is 32.1. The lowest BCUT2D eigenvalue weighted by atomic mass is 10.1. The minimum absolute atomic E-state index is 0.637. The van der Waals surface area contributed by atoms with Gasteiger partial charge >= 0.3 is 0 Å².